The molecule has 4 aromatic rings. The van der Waals surface area contributed by atoms with E-state index in [9.17, 15) is 9.59 Å². The molecular weight excluding hydrogens is 596 g/mol. The van der Waals surface area contributed by atoms with E-state index in [2.05, 4.69) is 67.4 Å². The van der Waals surface area contributed by atoms with Crippen LogP contribution in [-0.2, 0) is 0 Å². The molecule has 186 valence electrons. The van der Waals surface area contributed by atoms with Gasteiger partial charge >= 0.3 is 0 Å². The van der Waals surface area contributed by atoms with E-state index >= 15 is 0 Å². The fourth-order valence-electron chi connectivity index (χ4n) is 4.40. The number of hydrogen-bond acceptors (Lipinski definition) is 6. The molecule has 0 bridgehead atoms. The van der Waals surface area contributed by atoms with Gasteiger partial charge in [0.15, 0.2) is 5.95 Å². The highest BCUT2D eigenvalue weighted by Crippen LogP contribution is 2.45. The molecule has 0 saturated heterocycles. The number of fused-ring (bicyclic) bond motifs is 1. The van der Waals surface area contributed by atoms with Gasteiger partial charge in [0.1, 0.15) is 11.4 Å². The molecule has 0 spiro atoms. The first-order valence-electron chi connectivity index (χ1n) is 10.9. The summed E-state index contributed by atoms with van der Waals surface area (Å²) in [5, 5.41) is 5.88. The van der Waals surface area contributed by atoms with Crippen molar-refractivity contribution in [1.82, 2.24) is 40.1 Å². The van der Waals surface area contributed by atoms with Crippen LogP contribution < -0.4 is 22.1 Å². The lowest BCUT2D eigenvalue weighted by atomic mass is 9.91. The van der Waals surface area contributed by atoms with E-state index in [1.54, 1.807) is 36.8 Å². The summed E-state index contributed by atoms with van der Waals surface area (Å²) in [6.45, 7) is 0.533. The van der Waals surface area contributed by atoms with Crippen molar-refractivity contribution in [2.45, 2.75) is 6.04 Å². The third kappa shape index (κ3) is 4.44. The number of imidazole rings is 2. The monoisotopic (exact) mass is 616 g/mol. The van der Waals surface area contributed by atoms with Gasteiger partial charge in [0, 0.05) is 25.2 Å². The smallest absolute Gasteiger partial charge is 0.267 e. The molecule has 0 fully saturated rings. The van der Waals surface area contributed by atoms with Gasteiger partial charge in [-0.05, 0) is 55.6 Å². The zero-order valence-electron chi connectivity index (χ0n) is 18.7. The molecular formula is C22H22Br2N10O2. The number of nitrogen functional groups attached to an aromatic ring is 2. The van der Waals surface area contributed by atoms with Crippen molar-refractivity contribution in [2.75, 3.05) is 24.6 Å². The van der Waals surface area contributed by atoms with Gasteiger partial charge in [-0.1, -0.05) is 6.08 Å². The van der Waals surface area contributed by atoms with Crippen molar-refractivity contribution in [3.63, 3.8) is 0 Å². The molecule has 12 nitrogen and oxygen atoms in total. The van der Waals surface area contributed by atoms with Crippen LogP contribution in [-0.4, -0.2) is 54.4 Å². The molecule has 5 rings (SSSR count). The van der Waals surface area contributed by atoms with E-state index in [0.717, 1.165) is 21.4 Å². The molecule has 1 aliphatic heterocycles. The molecule has 9 N–H and O–H groups in total. The van der Waals surface area contributed by atoms with Crippen molar-refractivity contribution in [1.29, 1.82) is 0 Å². The van der Waals surface area contributed by atoms with Crippen molar-refractivity contribution < 1.29 is 9.59 Å². The Morgan fingerprint density at radius 2 is 1.92 bits per heavy atom. The van der Waals surface area contributed by atoms with Gasteiger partial charge in [-0.2, -0.15) is 0 Å². The minimum Gasteiger partial charge on any atom is -0.369 e. The number of nitrogens with one attached hydrogen (secondary N) is 5. The van der Waals surface area contributed by atoms with Crippen LogP contribution in [0, 0.1) is 5.92 Å². The number of carbonyl (C=O) groups excluding carboxylic acids is 2. The van der Waals surface area contributed by atoms with Gasteiger partial charge < -0.3 is 41.6 Å². The zero-order chi connectivity index (χ0) is 25.4. The second-order valence-corrected chi connectivity index (χ2v) is 9.80. The number of carbonyl (C=O) groups is 2. The molecule has 4 aromatic heterocycles. The fourth-order valence-corrected chi connectivity index (χ4v) is 5.06. The van der Waals surface area contributed by atoms with Crippen molar-refractivity contribution in [3.05, 3.63) is 74.7 Å². The Hall–Kier alpha value is -3.78. The number of rotatable bonds is 7. The van der Waals surface area contributed by atoms with E-state index < -0.39 is 0 Å². The van der Waals surface area contributed by atoms with Gasteiger partial charge in [-0.25, -0.2) is 9.97 Å². The van der Waals surface area contributed by atoms with Gasteiger partial charge in [-0.3, -0.25) is 9.59 Å². The van der Waals surface area contributed by atoms with E-state index in [1.807, 2.05) is 10.6 Å². The van der Waals surface area contributed by atoms with Crippen LogP contribution in [0.4, 0.5) is 11.9 Å². The first-order valence-corrected chi connectivity index (χ1v) is 12.5. The zero-order valence-corrected chi connectivity index (χ0v) is 21.9. The number of anilines is 2. The van der Waals surface area contributed by atoms with E-state index in [1.165, 1.54) is 0 Å². The normalized spacial score (nSPS) is 17.9. The Morgan fingerprint density at radius 1 is 1.11 bits per heavy atom. The topological polar surface area (TPSA) is 188 Å². The quantitative estimate of drug-likeness (QED) is 0.167. The molecule has 0 radical (unpaired) electrons. The summed E-state index contributed by atoms with van der Waals surface area (Å²) in [6, 6.07) is 4.80. The number of nitrogens with two attached hydrogens (primary N) is 2. The van der Waals surface area contributed by atoms with Crippen molar-refractivity contribution in [3.8, 4) is 0 Å². The molecule has 2 atom stereocenters. The minimum atomic E-state index is -0.347. The molecule has 36 heavy (non-hydrogen) atoms. The molecule has 0 aromatic carbocycles. The Balaban J connectivity index is 1.44. The predicted octanol–water partition coefficient (Wildman–Crippen LogP) is 2.41. The molecule has 0 saturated carbocycles. The van der Waals surface area contributed by atoms with Crippen LogP contribution >= 0.6 is 31.9 Å². The number of nitrogens with zero attached hydrogens (tertiary/aromatic N) is 3. The predicted molar refractivity (Wildman–Crippen MR) is 141 cm³/mol. The number of amides is 2. The third-order valence-corrected chi connectivity index (χ3v) is 7.78. The first-order chi connectivity index (χ1) is 17.3. The highest BCUT2D eigenvalue weighted by Gasteiger charge is 2.40. The average molecular weight is 618 g/mol. The lowest BCUT2D eigenvalue weighted by Gasteiger charge is -2.22. The highest BCUT2D eigenvalue weighted by molar-refractivity contribution is 9.13. The van der Waals surface area contributed by atoms with Crippen LogP contribution in [0.3, 0.4) is 0 Å². The summed E-state index contributed by atoms with van der Waals surface area (Å²) in [4.78, 5) is 42.7. The molecule has 0 aliphatic carbocycles. The van der Waals surface area contributed by atoms with Gasteiger partial charge in [0.25, 0.3) is 11.8 Å². The Morgan fingerprint density at radius 3 is 2.58 bits per heavy atom. The summed E-state index contributed by atoms with van der Waals surface area (Å²) in [5.74, 6) is -0.168. The molecule has 1 aliphatic rings. The van der Waals surface area contributed by atoms with Crippen molar-refractivity contribution >= 4 is 61.1 Å². The summed E-state index contributed by atoms with van der Waals surface area (Å²) in [6.07, 6.45) is 6.92. The standard InChI is InChI=1S/C22H22Br2N10O2/c23-12-6-14(32-18(12)24)20(36)29-7-11-10(3-5-28-19(35)13-2-1-4-27-13)16-9-31-22(26)34(16)17(11)15-8-30-21(25)33-15/h1-4,6,8-9,11,17,27,32H,5,7H2,(H2,26,31)(H,28,35)(H,29,36)(H3,25,30,33)/b10-3+/t11-,17-/m1/s1. The maximum atomic E-state index is 12.9. The lowest BCUT2D eigenvalue weighted by molar-refractivity contribution is 0.0940. The Labute approximate surface area is 221 Å². The number of hydrogen-bond donors (Lipinski definition) is 7. The number of aromatic nitrogens is 6. The molecule has 0 unspecified atom stereocenters. The largest absolute Gasteiger partial charge is 0.369 e. The molecule has 2 amide bonds. The highest BCUT2D eigenvalue weighted by atomic mass is 79.9. The maximum Gasteiger partial charge on any atom is 0.267 e. The SMILES string of the molecule is Nc1ncc([C@H]2[C@H](CNC(=O)c3cc(Br)c(Br)[nH]3)/C(=C\CNC(=O)c3ccc[nH]3)c3cnc(N)n32)[nH]1. The van der Waals surface area contributed by atoms with E-state index in [4.69, 9.17) is 11.5 Å². The second-order valence-electron chi connectivity index (χ2n) is 8.15. The van der Waals surface area contributed by atoms with Crippen LogP contribution in [0.1, 0.15) is 38.4 Å². The van der Waals surface area contributed by atoms with E-state index in [-0.39, 0.29) is 42.8 Å². The molecule has 5 heterocycles. The Bertz CT molecular complexity index is 1430. The van der Waals surface area contributed by atoms with Gasteiger partial charge in [0.05, 0.1) is 38.9 Å². The van der Waals surface area contributed by atoms with Crippen LogP contribution in [0.5, 0.6) is 0 Å². The first kappa shape index (κ1) is 23.9. The summed E-state index contributed by atoms with van der Waals surface area (Å²) in [7, 11) is 0. The van der Waals surface area contributed by atoms with Crippen molar-refractivity contribution in [2.24, 2.45) is 5.92 Å². The van der Waals surface area contributed by atoms with Crippen LogP contribution in [0.25, 0.3) is 5.57 Å². The van der Waals surface area contributed by atoms with Crippen LogP contribution in [0.15, 0.2) is 51.9 Å². The number of H-pyrrole nitrogens is 3. The lowest BCUT2D eigenvalue weighted by Crippen LogP contribution is -2.32. The fraction of sp³-hybridized carbons (Fsp3) is 0.182. The minimum absolute atomic E-state index is 0.228. The number of halogens is 2. The maximum absolute atomic E-state index is 12.9. The molecule has 14 heteroatoms. The Kier molecular flexibility index (Phi) is 6.45. The van der Waals surface area contributed by atoms with Gasteiger partial charge in [0.2, 0.25) is 5.95 Å². The average Bonchev–Trinajstić information content (AvgIpc) is 3.66. The summed E-state index contributed by atoms with van der Waals surface area (Å²) < 4.78 is 3.30. The van der Waals surface area contributed by atoms with Gasteiger partial charge in [-0.15, -0.1) is 0 Å². The summed E-state index contributed by atoms with van der Waals surface area (Å²) in [5.41, 5.74) is 15.3. The van der Waals surface area contributed by atoms with Crippen LogP contribution in [0.2, 0.25) is 0 Å². The number of aromatic amines is 3. The third-order valence-electron chi connectivity index (χ3n) is 5.99. The summed E-state index contributed by atoms with van der Waals surface area (Å²) >= 11 is 6.73. The second kappa shape index (κ2) is 9.70. The van der Waals surface area contributed by atoms with E-state index in [0.29, 0.717) is 21.9 Å².